The van der Waals surface area contributed by atoms with Gasteiger partial charge in [-0.3, -0.25) is 4.79 Å². The van der Waals surface area contributed by atoms with Crippen molar-refractivity contribution < 1.29 is 13.9 Å². The highest BCUT2D eigenvalue weighted by Crippen LogP contribution is 2.13. The van der Waals surface area contributed by atoms with Gasteiger partial charge in [-0.2, -0.15) is 0 Å². The highest BCUT2D eigenvalue weighted by atomic mass is 127. The first-order valence-corrected chi connectivity index (χ1v) is 6.65. The molecule has 1 amide bonds. The lowest BCUT2D eigenvalue weighted by atomic mass is 10.2. The number of carbonyl (C=O) groups is 1. The monoisotopic (exact) mass is 363 g/mol. The number of amides is 1. The number of hydrogen-bond acceptors (Lipinski definition) is 2. The Morgan fingerprint density at radius 3 is 2.94 bits per heavy atom. The lowest BCUT2D eigenvalue weighted by Crippen LogP contribution is -2.28. The number of hydrogen-bond donors (Lipinski definition) is 1. The molecule has 18 heavy (non-hydrogen) atoms. The van der Waals surface area contributed by atoms with E-state index in [9.17, 15) is 9.18 Å². The van der Waals surface area contributed by atoms with Crippen LogP contribution in [0.15, 0.2) is 30.9 Å². The Balaban J connectivity index is 2.34. The number of rotatable bonds is 7. The Morgan fingerprint density at radius 2 is 2.28 bits per heavy atom. The van der Waals surface area contributed by atoms with E-state index in [0.717, 1.165) is 6.42 Å². The molecule has 0 bridgehead atoms. The molecule has 0 aliphatic rings. The minimum atomic E-state index is -0.344. The van der Waals surface area contributed by atoms with Gasteiger partial charge in [0.05, 0.1) is 18.8 Å². The molecule has 0 fully saturated rings. The predicted molar refractivity (Wildman–Crippen MR) is 77.1 cm³/mol. The summed E-state index contributed by atoms with van der Waals surface area (Å²) in [5.74, 6) is -0.560. The third-order valence-electron chi connectivity index (χ3n) is 2.17. The Morgan fingerprint density at radius 1 is 1.50 bits per heavy atom. The number of carbonyl (C=O) groups excluding carboxylic acids is 1. The predicted octanol–water partition coefficient (Wildman–Crippen LogP) is 2.75. The van der Waals surface area contributed by atoms with Crippen molar-refractivity contribution in [2.45, 2.75) is 6.42 Å². The van der Waals surface area contributed by atoms with E-state index in [0.29, 0.717) is 28.9 Å². The number of nitrogens with one attached hydrogen (secondary N) is 1. The number of ether oxygens (including phenoxy) is 1. The smallest absolute Gasteiger partial charge is 0.252 e. The van der Waals surface area contributed by atoms with Crippen LogP contribution in [0, 0.1) is 9.39 Å². The highest BCUT2D eigenvalue weighted by Gasteiger charge is 2.09. The Hall–Kier alpha value is -0.950. The van der Waals surface area contributed by atoms with Gasteiger partial charge in [0.1, 0.15) is 5.82 Å². The fourth-order valence-corrected chi connectivity index (χ4v) is 2.00. The van der Waals surface area contributed by atoms with Crippen LogP contribution in [0.1, 0.15) is 16.8 Å². The molecule has 0 radical (unpaired) electrons. The summed E-state index contributed by atoms with van der Waals surface area (Å²) in [5, 5.41) is 2.72. The summed E-state index contributed by atoms with van der Waals surface area (Å²) >= 11 is 1.94. The Labute approximate surface area is 120 Å². The standard InChI is InChI=1S/C13H15FINO2/c1-2-3-7-18-8-6-16-13(17)11-5-4-10(14)9-12(11)15/h2,4-5,9H,1,3,6-8H2,(H,16,17). The molecule has 5 heteroatoms. The topological polar surface area (TPSA) is 38.3 Å². The van der Waals surface area contributed by atoms with Gasteiger partial charge in [-0.25, -0.2) is 4.39 Å². The molecule has 1 aromatic carbocycles. The maximum atomic E-state index is 12.9. The van der Waals surface area contributed by atoms with Gasteiger partial charge in [0, 0.05) is 10.1 Å². The lowest BCUT2D eigenvalue weighted by Gasteiger charge is -2.07. The molecule has 0 aliphatic carbocycles. The van der Waals surface area contributed by atoms with E-state index >= 15 is 0 Å². The van der Waals surface area contributed by atoms with Crippen molar-refractivity contribution in [2.75, 3.05) is 19.8 Å². The molecule has 3 nitrogen and oxygen atoms in total. The van der Waals surface area contributed by atoms with Gasteiger partial charge < -0.3 is 10.1 Å². The maximum absolute atomic E-state index is 12.9. The fraction of sp³-hybridized carbons (Fsp3) is 0.308. The molecule has 0 heterocycles. The zero-order valence-electron chi connectivity index (χ0n) is 9.92. The third kappa shape index (κ3) is 5.14. The second-order valence-electron chi connectivity index (χ2n) is 3.57. The van der Waals surface area contributed by atoms with E-state index < -0.39 is 0 Å². The summed E-state index contributed by atoms with van der Waals surface area (Å²) in [6.07, 6.45) is 2.57. The highest BCUT2D eigenvalue weighted by molar-refractivity contribution is 14.1. The molecule has 0 aliphatic heterocycles. The van der Waals surface area contributed by atoms with Crippen LogP contribution < -0.4 is 5.32 Å². The van der Waals surface area contributed by atoms with Crippen molar-refractivity contribution in [3.05, 3.63) is 45.8 Å². The SMILES string of the molecule is C=CCCOCCNC(=O)c1ccc(F)cc1I. The summed E-state index contributed by atoms with van der Waals surface area (Å²) in [6.45, 7) is 5.08. The summed E-state index contributed by atoms with van der Waals surface area (Å²) in [7, 11) is 0. The fourth-order valence-electron chi connectivity index (χ4n) is 1.27. The molecule has 0 atom stereocenters. The Kier molecular flexibility index (Phi) is 6.89. The van der Waals surface area contributed by atoms with Gasteiger partial charge in [0.15, 0.2) is 0 Å². The zero-order chi connectivity index (χ0) is 13.4. The zero-order valence-corrected chi connectivity index (χ0v) is 12.1. The second kappa shape index (κ2) is 8.20. The first-order valence-electron chi connectivity index (χ1n) is 5.57. The van der Waals surface area contributed by atoms with Crippen LogP contribution in [0.25, 0.3) is 0 Å². The molecule has 1 N–H and O–H groups in total. The maximum Gasteiger partial charge on any atom is 0.252 e. The largest absolute Gasteiger partial charge is 0.379 e. The van der Waals surface area contributed by atoms with Crippen LogP contribution in [0.4, 0.5) is 4.39 Å². The molecular weight excluding hydrogens is 348 g/mol. The molecule has 0 saturated heterocycles. The van der Waals surface area contributed by atoms with Crippen molar-refractivity contribution in [2.24, 2.45) is 0 Å². The van der Waals surface area contributed by atoms with E-state index in [1.807, 2.05) is 22.6 Å². The van der Waals surface area contributed by atoms with Crippen molar-refractivity contribution in [3.63, 3.8) is 0 Å². The minimum Gasteiger partial charge on any atom is -0.379 e. The van der Waals surface area contributed by atoms with Crippen LogP contribution in [0.3, 0.4) is 0 Å². The quantitative estimate of drug-likeness (QED) is 0.460. The van der Waals surface area contributed by atoms with Gasteiger partial charge in [0.25, 0.3) is 5.91 Å². The normalized spacial score (nSPS) is 10.1. The average molecular weight is 363 g/mol. The lowest BCUT2D eigenvalue weighted by molar-refractivity contribution is 0.0917. The molecule has 1 aromatic rings. The first kappa shape index (κ1) is 15.1. The molecule has 0 unspecified atom stereocenters. The van der Waals surface area contributed by atoms with E-state index in [-0.39, 0.29) is 11.7 Å². The van der Waals surface area contributed by atoms with Crippen LogP contribution in [0.5, 0.6) is 0 Å². The number of halogens is 2. The van der Waals surface area contributed by atoms with E-state index in [2.05, 4.69) is 11.9 Å². The molecular formula is C13H15FINO2. The molecule has 1 rings (SSSR count). The van der Waals surface area contributed by atoms with Crippen LogP contribution in [-0.4, -0.2) is 25.7 Å². The van der Waals surface area contributed by atoms with Crippen molar-refractivity contribution in [3.8, 4) is 0 Å². The first-order chi connectivity index (χ1) is 8.65. The van der Waals surface area contributed by atoms with Gasteiger partial charge in [-0.05, 0) is 47.2 Å². The Bertz CT molecular complexity index is 423. The van der Waals surface area contributed by atoms with Crippen LogP contribution in [0.2, 0.25) is 0 Å². The summed E-state index contributed by atoms with van der Waals surface area (Å²) in [4.78, 5) is 11.8. The summed E-state index contributed by atoms with van der Waals surface area (Å²) in [5.41, 5.74) is 0.475. The van der Waals surface area contributed by atoms with Crippen molar-refractivity contribution in [1.82, 2.24) is 5.32 Å². The number of benzene rings is 1. The summed E-state index contributed by atoms with van der Waals surface area (Å²) < 4.78 is 18.7. The van der Waals surface area contributed by atoms with Gasteiger partial charge in [-0.1, -0.05) is 6.08 Å². The van der Waals surface area contributed by atoms with E-state index in [4.69, 9.17) is 4.74 Å². The van der Waals surface area contributed by atoms with Crippen molar-refractivity contribution in [1.29, 1.82) is 0 Å². The van der Waals surface area contributed by atoms with Crippen LogP contribution >= 0.6 is 22.6 Å². The summed E-state index contributed by atoms with van der Waals surface area (Å²) in [6, 6.07) is 4.08. The molecule has 0 saturated carbocycles. The van der Waals surface area contributed by atoms with Gasteiger partial charge in [0.2, 0.25) is 0 Å². The molecule has 98 valence electrons. The average Bonchev–Trinajstić information content (AvgIpc) is 2.33. The molecule has 0 spiro atoms. The van der Waals surface area contributed by atoms with Gasteiger partial charge in [-0.15, -0.1) is 6.58 Å². The van der Waals surface area contributed by atoms with E-state index in [1.165, 1.54) is 18.2 Å². The van der Waals surface area contributed by atoms with Crippen LogP contribution in [-0.2, 0) is 4.74 Å². The van der Waals surface area contributed by atoms with Crippen molar-refractivity contribution >= 4 is 28.5 Å². The van der Waals surface area contributed by atoms with Gasteiger partial charge >= 0.3 is 0 Å². The van der Waals surface area contributed by atoms with E-state index in [1.54, 1.807) is 6.08 Å². The molecule has 0 aromatic heterocycles. The second-order valence-corrected chi connectivity index (χ2v) is 4.73. The minimum absolute atomic E-state index is 0.216. The third-order valence-corrected chi connectivity index (χ3v) is 3.07.